The Balaban J connectivity index is 0.000000531. The van der Waals surface area contributed by atoms with Crippen LogP contribution in [0.1, 0.15) is 51.4 Å². The summed E-state index contributed by atoms with van der Waals surface area (Å²) in [5.41, 5.74) is 2.53. The first-order chi connectivity index (χ1) is 7.38. The fraction of sp³-hybridized carbons (Fsp3) is 0.643. The topological polar surface area (TPSA) is 12.9 Å². The lowest BCUT2D eigenvalue weighted by molar-refractivity contribution is 0.312. The molecule has 0 aromatic carbocycles. The molecule has 0 bridgehead atoms. The molecule has 1 aliphatic carbocycles. The molecule has 1 saturated carbocycles. The zero-order valence-electron chi connectivity index (χ0n) is 10.3. The van der Waals surface area contributed by atoms with E-state index in [1.165, 1.54) is 37.1 Å². The molecule has 0 N–H and O–H groups in total. The van der Waals surface area contributed by atoms with Gasteiger partial charge < -0.3 is 0 Å². The Bertz CT molecular complexity index is 276. The predicted octanol–water partition coefficient (Wildman–Crippen LogP) is 4.01. The molecule has 1 nitrogen and oxygen atoms in total. The molecule has 1 heteroatoms. The first-order valence-electron chi connectivity index (χ1n) is 6.33. The molecule has 0 amide bonds. The van der Waals surface area contributed by atoms with Gasteiger partial charge in [-0.25, -0.2) is 0 Å². The molecule has 1 aliphatic rings. The van der Waals surface area contributed by atoms with E-state index in [9.17, 15) is 0 Å². The lowest BCUT2D eigenvalue weighted by Crippen LogP contribution is -2.14. The summed E-state index contributed by atoms with van der Waals surface area (Å²) in [5, 5.41) is 0. The Labute approximate surface area is 93.9 Å². The molecular weight excluding hydrogens is 182 g/mol. The minimum atomic E-state index is 0.930. The van der Waals surface area contributed by atoms with Crippen LogP contribution in [0, 0.1) is 5.92 Å². The third-order valence-electron chi connectivity index (χ3n) is 2.95. The number of hydrogen-bond acceptors (Lipinski definition) is 1. The first-order valence-corrected chi connectivity index (χ1v) is 6.33. The Kier molecular flexibility index (Phi) is 5.38. The van der Waals surface area contributed by atoms with Crippen molar-refractivity contribution in [2.45, 2.75) is 52.9 Å². The summed E-state index contributed by atoms with van der Waals surface area (Å²) in [6.45, 7) is 6.16. The van der Waals surface area contributed by atoms with Gasteiger partial charge in [-0.1, -0.05) is 46.1 Å². The molecule has 0 radical (unpaired) electrons. The van der Waals surface area contributed by atoms with Gasteiger partial charge in [-0.05, 0) is 30.9 Å². The van der Waals surface area contributed by atoms with Crippen molar-refractivity contribution < 1.29 is 0 Å². The van der Waals surface area contributed by atoms with Crippen molar-refractivity contribution in [3.63, 3.8) is 0 Å². The maximum Gasteiger partial charge on any atom is 0.0409 e. The van der Waals surface area contributed by atoms with Crippen molar-refractivity contribution in [1.82, 2.24) is 4.98 Å². The first kappa shape index (κ1) is 12.2. The van der Waals surface area contributed by atoms with Gasteiger partial charge in [-0.3, -0.25) is 4.98 Å². The summed E-state index contributed by atoms with van der Waals surface area (Å²) in [6.07, 6.45) is 6.51. The van der Waals surface area contributed by atoms with Gasteiger partial charge in [0.25, 0.3) is 0 Å². The van der Waals surface area contributed by atoms with E-state index in [2.05, 4.69) is 30.1 Å². The van der Waals surface area contributed by atoms with Gasteiger partial charge in [0.2, 0.25) is 0 Å². The van der Waals surface area contributed by atoms with Crippen molar-refractivity contribution in [3.8, 4) is 0 Å². The number of nitrogens with zero attached hydrogens (tertiary/aromatic N) is 1. The van der Waals surface area contributed by atoms with E-state index in [4.69, 9.17) is 0 Å². The highest BCUT2D eigenvalue weighted by Gasteiger charge is 2.17. The molecule has 1 aromatic heterocycles. The van der Waals surface area contributed by atoms with Crippen molar-refractivity contribution in [3.05, 3.63) is 29.6 Å². The zero-order chi connectivity index (χ0) is 11.1. The van der Waals surface area contributed by atoms with E-state index in [-0.39, 0.29) is 0 Å². The van der Waals surface area contributed by atoms with E-state index < -0.39 is 0 Å². The number of aromatic nitrogens is 1. The van der Waals surface area contributed by atoms with E-state index >= 15 is 0 Å². The molecule has 2 rings (SSSR count). The van der Waals surface area contributed by atoms with Crippen molar-refractivity contribution >= 4 is 0 Å². The third kappa shape index (κ3) is 3.65. The second-order valence-electron chi connectivity index (χ2n) is 3.97. The summed E-state index contributed by atoms with van der Waals surface area (Å²) in [7, 11) is 0. The van der Waals surface area contributed by atoms with Crippen molar-refractivity contribution in [2.75, 3.05) is 0 Å². The Morgan fingerprint density at radius 1 is 1.20 bits per heavy atom. The fourth-order valence-corrected chi connectivity index (χ4v) is 1.83. The highest BCUT2D eigenvalue weighted by Crippen LogP contribution is 2.29. The minimum Gasteiger partial charge on any atom is -0.258 e. The number of aryl methyl sites for hydroxylation is 1. The van der Waals surface area contributed by atoms with Crippen LogP contribution in [0.3, 0.4) is 0 Å². The largest absolute Gasteiger partial charge is 0.258 e. The molecule has 1 fully saturated rings. The highest BCUT2D eigenvalue weighted by atomic mass is 14.7. The Morgan fingerprint density at radius 2 is 1.87 bits per heavy atom. The molecular formula is C14H23N. The van der Waals surface area contributed by atoms with E-state index in [1.807, 2.05) is 13.8 Å². The highest BCUT2D eigenvalue weighted by molar-refractivity contribution is 5.12. The second-order valence-corrected chi connectivity index (χ2v) is 3.97. The Hall–Kier alpha value is -0.850. The van der Waals surface area contributed by atoms with E-state index in [1.54, 1.807) is 0 Å². The number of rotatable bonds is 3. The lowest BCUT2D eigenvalue weighted by atomic mass is 9.82. The summed E-state index contributed by atoms with van der Waals surface area (Å²) in [5.74, 6) is 0.930. The molecule has 1 aromatic rings. The van der Waals surface area contributed by atoms with Gasteiger partial charge in [0.15, 0.2) is 0 Å². The molecule has 0 saturated heterocycles. The summed E-state index contributed by atoms with van der Waals surface area (Å²) in [4.78, 5) is 4.61. The van der Waals surface area contributed by atoms with Gasteiger partial charge in [-0.2, -0.15) is 0 Å². The van der Waals surface area contributed by atoms with Crippen LogP contribution in [0.2, 0.25) is 0 Å². The maximum absolute atomic E-state index is 4.61. The maximum atomic E-state index is 4.61. The molecule has 0 atom stereocenters. The van der Waals surface area contributed by atoms with Gasteiger partial charge in [0.1, 0.15) is 0 Å². The predicted molar refractivity (Wildman–Crippen MR) is 66.0 cm³/mol. The molecule has 84 valence electrons. The smallest absolute Gasteiger partial charge is 0.0409 e. The fourth-order valence-electron chi connectivity index (χ4n) is 1.83. The average molecular weight is 205 g/mol. The minimum absolute atomic E-state index is 0.930. The number of pyridine rings is 1. The van der Waals surface area contributed by atoms with Crippen LogP contribution in [-0.4, -0.2) is 4.98 Å². The SMILES string of the molecule is CC.CCc1cccc(CC2CCC2)n1. The van der Waals surface area contributed by atoms with Gasteiger partial charge in [0.05, 0.1) is 0 Å². The van der Waals surface area contributed by atoms with E-state index in [0.717, 1.165) is 12.3 Å². The lowest BCUT2D eigenvalue weighted by Gasteiger charge is -2.24. The molecule has 0 spiro atoms. The van der Waals surface area contributed by atoms with Crippen molar-refractivity contribution in [2.24, 2.45) is 5.92 Å². The molecule has 0 aliphatic heterocycles. The number of hydrogen-bond donors (Lipinski definition) is 0. The van der Waals surface area contributed by atoms with Crippen LogP contribution in [0.25, 0.3) is 0 Å². The van der Waals surface area contributed by atoms with Gasteiger partial charge in [0, 0.05) is 11.4 Å². The van der Waals surface area contributed by atoms with Crippen LogP contribution >= 0.6 is 0 Å². The monoisotopic (exact) mass is 205 g/mol. The quantitative estimate of drug-likeness (QED) is 0.726. The van der Waals surface area contributed by atoms with Crippen LogP contribution in [0.15, 0.2) is 18.2 Å². The molecule has 15 heavy (non-hydrogen) atoms. The average Bonchev–Trinajstić information content (AvgIpc) is 2.27. The molecule has 1 heterocycles. The summed E-state index contributed by atoms with van der Waals surface area (Å²) >= 11 is 0. The Morgan fingerprint density at radius 3 is 2.40 bits per heavy atom. The molecule has 0 unspecified atom stereocenters. The summed E-state index contributed by atoms with van der Waals surface area (Å²) < 4.78 is 0. The van der Waals surface area contributed by atoms with Crippen LogP contribution in [0.4, 0.5) is 0 Å². The van der Waals surface area contributed by atoms with Gasteiger partial charge in [-0.15, -0.1) is 0 Å². The van der Waals surface area contributed by atoms with Crippen LogP contribution < -0.4 is 0 Å². The van der Waals surface area contributed by atoms with Gasteiger partial charge >= 0.3 is 0 Å². The standard InChI is InChI=1S/C12H17N.C2H6/c1-2-11-7-4-8-12(13-11)9-10-5-3-6-10;1-2/h4,7-8,10H,2-3,5-6,9H2,1H3;1-2H3. The second kappa shape index (κ2) is 6.60. The zero-order valence-corrected chi connectivity index (χ0v) is 10.3. The third-order valence-corrected chi connectivity index (χ3v) is 2.95. The van der Waals surface area contributed by atoms with E-state index in [0.29, 0.717) is 0 Å². The van der Waals surface area contributed by atoms with Crippen molar-refractivity contribution in [1.29, 1.82) is 0 Å². The van der Waals surface area contributed by atoms with Crippen LogP contribution in [0.5, 0.6) is 0 Å². The summed E-state index contributed by atoms with van der Waals surface area (Å²) in [6, 6.07) is 6.42. The van der Waals surface area contributed by atoms with Crippen LogP contribution in [-0.2, 0) is 12.8 Å². The normalized spacial score (nSPS) is 15.1.